The summed E-state index contributed by atoms with van der Waals surface area (Å²) in [5.41, 5.74) is 7.10. The minimum atomic E-state index is -0.792. The number of nitrogens with two attached hydrogens (primary N) is 1. The number of furan rings is 1. The predicted molar refractivity (Wildman–Crippen MR) is 115 cm³/mol. The molecule has 0 saturated carbocycles. The van der Waals surface area contributed by atoms with E-state index in [2.05, 4.69) is 26.2 Å². The molecule has 0 radical (unpaired) electrons. The molecule has 7 nitrogen and oxygen atoms in total. The highest BCUT2D eigenvalue weighted by molar-refractivity contribution is 9.10. The molecule has 4 rings (SSSR count). The quantitative estimate of drug-likeness (QED) is 0.627. The van der Waals surface area contributed by atoms with Gasteiger partial charge in [0.15, 0.2) is 11.7 Å². The van der Waals surface area contributed by atoms with Gasteiger partial charge in [-0.25, -0.2) is 4.99 Å². The van der Waals surface area contributed by atoms with E-state index < -0.39 is 5.54 Å². The Balaban J connectivity index is 1.60. The van der Waals surface area contributed by atoms with Crippen LogP contribution in [0.5, 0.6) is 0 Å². The van der Waals surface area contributed by atoms with Crippen molar-refractivity contribution in [1.29, 1.82) is 0 Å². The summed E-state index contributed by atoms with van der Waals surface area (Å²) in [5, 5.41) is 3.68. The first-order valence-corrected chi connectivity index (χ1v) is 9.77. The van der Waals surface area contributed by atoms with E-state index >= 15 is 0 Å². The zero-order valence-corrected chi connectivity index (χ0v) is 17.5. The van der Waals surface area contributed by atoms with Crippen molar-refractivity contribution in [2.75, 3.05) is 12.4 Å². The molecule has 1 aliphatic heterocycles. The molecule has 2 amide bonds. The number of carbonyl (C=O) groups is 2. The van der Waals surface area contributed by atoms with E-state index in [0.717, 1.165) is 15.4 Å². The van der Waals surface area contributed by atoms with Crippen molar-refractivity contribution < 1.29 is 14.0 Å². The Morgan fingerprint density at radius 3 is 2.83 bits per heavy atom. The molecule has 8 heteroatoms. The zero-order valence-electron chi connectivity index (χ0n) is 15.9. The van der Waals surface area contributed by atoms with Crippen LogP contribution in [-0.2, 0) is 10.3 Å². The topological polar surface area (TPSA) is 101 Å². The number of carbonyl (C=O) groups excluding carboxylic acids is 2. The van der Waals surface area contributed by atoms with Crippen LogP contribution in [0.3, 0.4) is 0 Å². The van der Waals surface area contributed by atoms with E-state index in [1.54, 1.807) is 37.4 Å². The van der Waals surface area contributed by atoms with Gasteiger partial charge in [-0.05, 0) is 48.9 Å². The number of aliphatic imine (C=N–C) groups is 1. The fraction of sp³-hybridized carbons (Fsp3) is 0.190. The van der Waals surface area contributed by atoms with Crippen LogP contribution in [0.4, 0.5) is 5.69 Å². The van der Waals surface area contributed by atoms with Crippen molar-refractivity contribution in [3.05, 3.63) is 64.3 Å². The Bertz CT molecular complexity index is 1170. The molecule has 148 valence electrons. The van der Waals surface area contributed by atoms with Gasteiger partial charge >= 0.3 is 0 Å². The molecule has 3 aromatic rings. The maximum absolute atomic E-state index is 12.7. The molecule has 3 N–H and O–H groups in total. The smallest absolute Gasteiger partial charge is 0.291 e. The van der Waals surface area contributed by atoms with Gasteiger partial charge in [-0.2, -0.15) is 0 Å². The first kappa shape index (κ1) is 19.2. The van der Waals surface area contributed by atoms with Crippen LogP contribution in [0.25, 0.3) is 11.0 Å². The normalized spacial score (nSPS) is 19.3. The fourth-order valence-electron chi connectivity index (χ4n) is 3.33. The van der Waals surface area contributed by atoms with Gasteiger partial charge in [0.2, 0.25) is 5.91 Å². The number of nitrogens with one attached hydrogen (secondary N) is 1. The van der Waals surface area contributed by atoms with Gasteiger partial charge in [0.1, 0.15) is 5.58 Å². The average Bonchev–Trinajstić information content (AvgIpc) is 3.09. The van der Waals surface area contributed by atoms with Gasteiger partial charge in [-0.1, -0.05) is 28.1 Å². The SMILES string of the molecule is CN1C(=O)CC(C)(c2cccc(NC(=O)c3cc4cc(Br)ccc4o3)c2)N=C1N. The highest BCUT2D eigenvalue weighted by Gasteiger charge is 2.36. The van der Waals surface area contributed by atoms with Crippen molar-refractivity contribution >= 4 is 50.4 Å². The molecule has 2 aromatic carbocycles. The van der Waals surface area contributed by atoms with Crippen molar-refractivity contribution in [3.8, 4) is 0 Å². The summed E-state index contributed by atoms with van der Waals surface area (Å²) in [5.74, 6) is -0.0805. The van der Waals surface area contributed by atoms with Crippen molar-refractivity contribution in [2.24, 2.45) is 10.7 Å². The number of halogens is 1. The van der Waals surface area contributed by atoms with Gasteiger partial charge in [0, 0.05) is 22.6 Å². The third-order valence-electron chi connectivity index (χ3n) is 5.02. The highest BCUT2D eigenvalue weighted by Crippen LogP contribution is 2.34. The van der Waals surface area contributed by atoms with Crippen LogP contribution < -0.4 is 11.1 Å². The van der Waals surface area contributed by atoms with Crippen LogP contribution in [0, 0.1) is 0 Å². The number of guanidine groups is 1. The lowest BCUT2D eigenvalue weighted by Crippen LogP contribution is -2.47. The van der Waals surface area contributed by atoms with Gasteiger partial charge < -0.3 is 15.5 Å². The second-order valence-electron chi connectivity index (χ2n) is 7.20. The summed E-state index contributed by atoms with van der Waals surface area (Å²) in [6.07, 6.45) is 0.194. The summed E-state index contributed by atoms with van der Waals surface area (Å²) in [4.78, 5) is 30.7. The number of fused-ring (bicyclic) bond motifs is 1. The van der Waals surface area contributed by atoms with Crippen LogP contribution >= 0.6 is 15.9 Å². The molecular formula is C21H19BrN4O3. The molecular weight excluding hydrogens is 436 g/mol. The van der Waals surface area contributed by atoms with Crippen molar-refractivity contribution in [3.63, 3.8) is 0 Å². The van der Waals surface area contributed by atoms with Gasteiger partial charge in [-0.15, -0.1) is 0 Å². The summed E-state index contributed by atoms with van der Waals surface area (Å²) >= 11 is 3.41. The second-order valence-corrected chi connectivity index (χ2v) is 8.12. The lowest BCUT2D eigenvalue weighted by Gasteiger charge is -2.33. The van der Waals surface area contributed by atoms with Crippen molar-refractivity contribution in [2.45, 2.75) is 18.9 Å². The molecule has 1 aliphatic rings. The van der Waals surface area contributed by atoms with Gasteiger partial charge in [-0.3, -0.25) is 14.5 Å². The molecule has 1 unspecified atom stereocenters. The second kappa shape index (κ2) is 7.04. The minimum Gasteiger partial charge on any atom is -0.451 e. The summed E-state index contributed by atoms with van der Waals surface area (Å²) in [7, 11) is 1.60. The Morgan fingerprint density at radius 1 is 1.28 bits per heavy atom. The van der Waals surface area contributed by atoms with Crippen LogP contribution in [0.1, 0.15) is 29.5 Å². The monoisotopic (exact) mass is 454 g/mol. The minimum absolute atomic E-state index is 0.108. The van der Waals surface area contributed by atoms with Crippen LogP contribution in [-0.4, -0.2) is 29.7 Å². The summed E-state index contributed by atoms with van der Waals surface area (Å²) in [6.45, 7) is 1.85. The predicted octanol–water partition coefficient (Wildman–Crippen LogP) is 3.84. The molecule has 1 aromatic heterocycles. The molecule has 0 bridgehead atoms. The van der Waals surface area contributed by atoms with Gasteiger partial charge in [0.25, 0.3) is 5.91 Å². The molecule has 29 heavy (non-hydrogen) atoms. The van der Waals surface area contributed by atoms with Crippen LogP contribution in [0.2, 0.25) is 0 Å². The number of benzene rings is 2. The maximum atomic E-state index is 12.7. The number of anilines is 1. The fourth-order valence-corrected chi connectivity index (χ4v) is 3.70. The third kappa shape index (κ3) is 3.63. The zero-order chi connectivity index (χ0) is 20.8. The van der Waals surface area contributed by atoms with E-state index in [-0.39, 0.29) is 30.0 Å². The Morgan fingerprint density at radius 2 is 2.07 bits per heavy atom. The van der Waals surface area contributed by atoms with E-state index in [0.29, 0.717) is 11.3 Å². The Hall–Kier alpha value is -3.13. The highest BCUT2D eigenvalue weighted by atomic mass is 79.9. The number of nitrogens with zero attached hydrogens (tertiary/aromatic N) is 2. The Kier molecular flexibility index (Phi) is 4.66. The number of rotatable bonds is 3. The third-order valence-corrected chi connectivity index (χ3v) is 5.51. The standard InChI is InChI=1S/C21H19BrN4O3/c1-21(11-18(27)26(2)20(23)25-21)13-4-3-5-15(10-13)24-19(28)17-9-12-8-14(22)6-7-16(12)29-17/h3-10H,11H2,1-2H3,(H2,23,25)(H,24,28). The molecule has 0 aliphatic carbocycles. The molecule has 2 heterocycles. The summed E-state index contributed by atoms with van der Waals surface area (Å²) in [6, 6.07) is 14.5. The largest absolute Gasteiger partial charge is 0.451 e. The molecule has 0 saturated heterocycles. The van der Waals surface area contributed by atoms with E-state index in [9.17, 15) is 9.59 Å². The molecule has 0 spiro atoms. The summed E-state index contributed by atoms with van der Waals surface area (Å²) < 4.78 is 6.55. The van der Waals surface area contributed by atoms with Crippen molar-refractivity contribution in [1.82, 2.24) is 4.90 Å². The lowest BCUT2D eigenvalue weighted by atomic mass is 9.87. The van der Waals surface area contributed by atoms with E-state index in [1.807, 2.05) is 25.1 Å². The van der Waals surface area contributed by atoms with Gasteiger partial charge in [0.05, 0.1) is 12.0 Å². The molecule has 0 fully saturated rings. The van der Waals surface area contributed by atoms with E-state index in [4.69, 9.17) is 10.2 Å². The van der Waals surface area contributed by atoms with E-state index in [1.165, 1.54) is 4.90 Å². The van der Waals surface area contributed by atoms with Crippen LogP contribution in [0.15, 0.2) is 62.4 Å². The maximum Gasteiger partial charge on any atom is 0.291 e. The molecule has 1 atom stereocenters. The number of hydrogen-bond acceptors (Lipinski definition) is 5. The lowest BCUT2D eigenvalue weighted by molar-refractivity contribution is -0.128. The Labute approximate surface area is 175 Å². The first-order chi connectivity index (χ1) is 13.7. The first-order valence-electron chi connectivity index (χ1n) is 8.98. The number of hydrogen-bond donors (Lipinski definition) is 2. The number of amides is 2. The average molecular weight is 455 g/mol.